The number of hydrogen-bond donors (Lipinski definition) is 0. The summed E-state index contributed by atoms with van der Waals surface area (Å²) in [6.45, 7) is 1.74. The minimum absolute atomic E-state index is 0.0300. The highest BCUT2D eigenvalue weighted by molar-refractivity contribution is 5.89. The molecule has 0 amide bonds. The van der Waals surface area contributed by atoms with Crippen LogP contribution in [0.4, 0.5) is 13.2 Å². The van der Waals surface area contributed by atoms with Crippen LogP contribution in [0.25, 0.3) is 11.1 Å². The average Bonchev–Trinajstić information content (AvgIpc) is 2.45. The Bertz CT molecular complexity index is 742. The number of nitriles is 1. The monoisotopic (exact) mass is 289 g/mol. The summed E-state index contributed by atoms with van der Waals surface area (Å²) in [7, 11) is 0. The third-order valence-corrected chi connectivity index (χ3v) is 3.15. The maximum atomic E-state index is 12.7. The first-order valence-corrected chi connectivity index (χ1v) is 6.04. The van der Waals surface area contributed by atoms with E-state index in [1.165, 1.54) is 6.07 Å². The highest BCUT2D eigenvalue weighted by atomic mass is 19.4. The van der Waals surface area contributed by atoms with Gasteiger partial charge in [0.2, 0.25) is 0 Å². The Balaban J connectivity index is 2.60. The van der Waals surface area contributed by atoms with Gasteiger partial charge in [-0.3, -0.25) is 4.79 Å². The van der Waals surface area contributed by atoms with Crippen LogP contribution in [0.3, 0.4) is 0 Å². The van der Waals surface area contributed by atoms with Gasteiger partial charge in [-0.1, -0.05) is 12.1 Å². The van der Waals surface area contributed by atoms with Crippen molar-refractivity contribution in [1.29, 1.82) is 5.26 Å². The standard InChI is InChI=1S/C16H10F3NO/c1-10-6-11(8-20)2-4-14(10)15-5-3-13(16(17,18)19)7-12(15)9-21/h2-7,9H,1H3. The van der Waals surface area contributed by atoms with Crippen LogP contribution < -0.4 is 0 Å². The van der Waals surface area contributed by atoms with E-state index >= 15 is 0 Å². The van der Waals surface area contributed by atoms with Gasteiger partial charge >= 0.3 is 6.18 Å². The third kappa shape index (κ3) is 2.95. The fourth-order valence-corrected chi connectivity index (χ4v) is 2.12. The second-order valence-electron chi connectivity index (χ2n) is 4.56. The molecule has 0 aromatic heterocycles. The molecule has 0 aliphatic carbocycles. The van der Waals surface area contributed by atoms with Crippen LogP contribution in [0.1, 0.15) is 27.0 Å². The lowest BCUT2D eigenvalue weighted by Gasteiger charge is -2.12. The molecule has 106 valence electrons. The molecule has 2 aromatic rings. The van der Waals surface area contributed by atoms with Crippen LogP contribution in [0.15, 0.2) is 36.4 Å². The van der Waals surface area contributed by atoms with Crippen LogP contribution >= 0.6 is 0 Å². The second kappa shape index (κ2) is 5.41. The molecule has 0 saturated carbocycles. The van der Waals surface area contributed by atoms with E-state index in [1.54, 1.807) is 25.1 Å². The number of nitrogens with zero attached hydrogens (tertiary/aromatic N) is 1. The summed E-state index contributed by atoms with van der Waals surface area (Å²) in [5, 5.41) is 8.82. The van der Waals surface area contributed by atoms with Gasteiger partial charge in [0.15, 0.2) is 6.29 Å². The molecule has 5 heteroatoms. The largest absolute Gasteiger partial charge is 0.416 e. The van der Waals surface area contributed by atoms with Gasteiger partial charge in [-0.05, 0) is 47.9 Å². The summed E-state index contributed by atoms with van der Waals surface area (Å²) in [5.74, 6) is 0. The van der Waals surface area contributed by atoms with E-state index in [0.29, 0.717) is 23.0 Å². The van der Waals surface area contributed by atoms with Crippen molar-refractivity contribution in [3.63, 3.8) is 0 Å². The molecule has 0 heterocycles. The van der Waals surface area contributed by atoms with Crippen molar-refractivity contribution in [1.82, 2.24) is 0 Å². The molecular weight excluding hydrogens is 279 g/mol. The molecule has 0 saturated heterocycles. The van der Waals surface area contributed by atoms with Crippen LogP contribution in [-0.2, 0) is 6.18 Å². The topological polar surface area (TPSA) is 40.9 Å². The van der Waals surface area contributed by atoms with Gasteiger partial charge < -0.3 is 0 Å². The molecule has 21 heavy (non-hydrogen) atoms. The maximum Gasteiger partial charge on any atom is 0.416 e. The minimum atomic E-state index is -4.49. The molecule has 0 radical (unpaired) electrons. The predicted molar refractivity (Wildman–Crippen MR) is 71.7 cm³/mol. The Morgan fingerprint density at radius 1 is 1.10 bits per heavy atom. The lowest BCUT2D eigenvalue weighted by atomic mass is 9.94. The van der Waals surface area contributed by atoms with Crippen molar-refractivity contribution >= 4 is 6.29 Å². The number of aldehydes is 1. The van der Waals surface area contributed by atoms with Crippen LogP contribution in [-0.4, -0.2) is 6.29 Å². The van der Waals surface area contributed by atoms with E-state index in [4.69, 9.17) is 5.26 Å². The summed E-state index contributed by atoms with van der Waals surface area (Å²) >= 11 is 0. The molecule has 2 rings (SSSR count). The number of carbonyl (C=O) groups is 1. The van der Waals surface area contributed by atoms with Gasteiger partial charge in [0.1, 0.15) is 0 Å². The predicted octanol–water partition coefficient (Wildman–Crippen LogP) is 4.37. The Kier molecular flexibility index (Phi) is 3.81. The van der Waals surface area contributed by atoms with Gasteiger partial charge in [0.25, 0.3) is 0 Å². The van der Waals surface area contributed by atoms with Gasteiger partial charge in [0.05, 0.1) is 17.2 Å². The average molecular weight is 289 g/mol. The number of carbonyl (C=O) groups excluding carboxylic acids is 1. The van der Waals surface area contributed by atoms with Crippen molar-refractivity contribution in [2.75, 3.05) is 0 Å². The fourth-order valence-electron chi connectivity index (χ4n) is 2.12. The fraction of sp³-hybridized carbons (Fsp3) is 0.125. The van der Waals surface area contributed by atoms with Gasteiger partial charge in [-0.25, -0.2) is 0 Å². The van der Waals surface area contributed by atoms with Crippen LogP contribution in [0.5, 0.6) is 0 Å². The SMILES string of the molecule is Cc1cc(C#N)ccc1-c1ccc(C(F)(F)F)cc1C=O. The minimum Gasteiger partial charge on any atom is -0.298 e. The van der Waals surface area contributed by atoms with E-state index in [9.17, 15) is 18.0 Å². The lowest BCUT2D eigenvalue weighted by Crippen LogP contribution is -2.06. The van der Waals surface area contributed by atoms with Crippen LogP contribution in [0, 0.1) is 18.3 Å². The first-order valence-electron chi connectivity index (χ1n) is 6.04. The molecule has 0 unspecified atom stereocenters. The molecule has 0 aliphatic heterocycles. The van der Waals surface area contributed by atoms with Crippen molar-refractivity contribution in [3.05, 3.63) is 58.7 Å². The number of alkyl halides is 3. The third-order valence-electron chi connectivity index (χ3n) is 3.15. The number of aryl methyl sites for hydroxylation is 1. The second-order valence-corrected chi connectivity index (χ2v) is 4.56. The van der Waals surface area contributed by atoms with E-state index in [1.807, 2.05) is 6.07 Å². The number of benzene rings is 2. The van der Waals surface area contributed by atoms with Crippen molar-refractivity contribution in [2.45, 2.75) is 13.1 Å². The first kappa shape index (κ1) is 14.8. The first-order chi connectivity index (χ1) is 9.86. The van der Waals surface area contributed by atoms with Crippen molar-refractivity contribution < 1.29 is 18.0 Å². The van der Waals surface area contributed by atoms with Gasteiger partial charge in [0, 0.05) is 5.56 Å². The molecule has 2 aromatic carbocycles. The van der Waals surface area contributed by atoms with Gasteiger partial charge in [-0.2, -0.15) is 18.4 Å². The summed E-state index contributed by atoms with van der Waals surface area (Å²) < 4.78 is 38.0. The molecular formula is C16H10F3NO. The number of rotatable bonds is 2. The molecule has 0 atom stereocenters. The van der Waals surface area contributed by atoms with Gasteiger partial charge in [-0.15, -0.1) is 0 Å². The van der Waals surface area contributed by atoms with E-state index in [0.717, 1.165) is 17.7 Å². The van der Waals surface area contributed by atoms with E-state index in [-0.39, 0.29) is 5.56 Å². The summed E-state index contributed by atoms with van der Waals surface area (Å²) in [6, 6.07) is 9.86. The normalized spacial score (nSPS) is 11.0. The van der Waals surface area contributed by atoms with E-state index < -0.39 is 11.7 Å². The Morgan fingerprint density at radius 3 is 2.29 bits per heavy atom. The zero-order chi connectivity index (χ0) is 15.6. The Morgan fingerprint density at radius 2 is 1.76 bits per heavy atom. The summed E-state index contributed by atoms with van der Waals surface area (Å²) in [4.78, 5) is 11.1. The van der Waals surface area contributed by atoms with Crippen molar-refractivity contribution in [2.24, 2.45) is 0 Å². The summed E-state index contributed by atoms with van der Waals surface area (Å²) in [6.07, 6.45) is -4.09. The molecule has 0 fully saturated rings. The smallest absolute Gasteiger partial charge is 0.298 e. The molecule has 2 nitrogen and oxygen atoms in total. The zero-order valence-electron chi connectivity index (χ0n) is 11.0. The Hall–Kier alpha value is -2.61. The quantitative estimate of drug-likeness (QED) is 0.770. The highest BCUT2D eigenvalue weighted by Crippen LogP contribution is 2.34. The maximum absolute atomic E-state index is 12.7. The highest BCUT2D eigenvalue weighted by Gasteiger charge is 2.31. The van der Waals surface area contributed by atoms with Crippen molar-refractivity contribution in [3.8, 4) is 17.2 Å². The molecule has 0 spiro atoms. The number of hydrogen-bond acceptors (Lipinski definition) is 2. The number of halogens is 3. The lowest BCUT2D eigenvalue weighted by molar-refractivity contribution is -0.137. The molecule has 0 N–H and O–H groups in total. The van der Waals surface area contributed by atoms with Crippen LogP contribution in [0.2, 0.25) is 0 Å². The molecule has 0 aliphatic rings. The van der Waals surface area contributed by atoms with E-state index in [2.05, 4.69) is 0 Å². The zero-order valence-corrected chi connectivity index (χ0v) is 11.0. The Labute approximate surface area is 119 Å². The summed E-state index contributed by atoms with van der Waals surface area (Å²) in [5.41, 5.74) is 1.33. The molecule has 0 bridgehead atoms.